The lowest BCUT2D eigenvalue weighted by Crippen LogP contribution is -2.52. The first-order valence-electron chi connectivity index (χ1n) is 5.25. The standard InChI is InChI=1S/C9H17N4O3/c10-5-1-2-6(13-16)7(14)12-9(3-4-9)8(11)15/h6,13H,1-5,10H2,(H2,11,15)(H,12,14)/q-1. The van der Waals surface area contributed by atoms with Crippen LogP contribution in [0.25, 0.3) is 0 Å². The monoisotopic (exact) mass is 229 g/mol. The Labute approximate surface area is 93.5 Å². The summed E-state index contributed by atoms with van der Waals surface area (Å²) in [4.78, 5) is 22.7. The fourth-order valence-electron chi connectivity index (χ4n) is 1.45. The molecule has 1 atom stereocenters. The molecule has 7 nitrogen and oxygen atoms in total. The maximum atomic E-state index is 11.6. The summed E-state index contributed by atoms with van der Waals surface area (Å²) in [6.07, 6.45) is 1.99. The fraction of sp³-hybridized carbons (Fsp3) is 0.778. The van der Waals surface area contributed by atoms with E-state index in [0.717, 1.165) is 0 Å². The number of rotatable bonds is 7. The number of nitrogens with one attached hydrogen (secondary N) is 2. The van der Waals surface area contributed by atoms with Crippen molar-refractivity contribution in [2.24, 2.45) is 11.5 Å². The third-order valence-corrected chi connectivity index (χ3v) is 2.74. The molecule has 1 aliphatic carbocycles. The molecule has 0 aromatic carbocycles. The second kappa shape index (κ2) is 5.24. The lowest BCUT2D eigenvalue weighted by Gasteiger charge is -2.23. The molecule has 2 amide bonds. The van der Waals surface area contributed by atoms with E-state index in [4.69, 9.17) is 11.5 Å². The number of hydrogen-bond acceptors (Lipinski definition) is 5. The Morgan fingerprint density at radius 1 is 1.44 bits per heavy atom. The highest BCUT2D eigenvalue weighted by atomic mass is 16.5. The van der Waals surface area contributed by atoms with Crippen LogP contribution in [0.5, 0.6) is 0 Å². The highest BCUT2D eigenvalue weighted by Crippen LogP contribution is 2.34. The lowest BCUT2D eigenvalue weighted by atomic mass is 10.1. The van der Waals surface area contributed by atoms with Gasteiger partial charge in [0.1, 0.15) is 5.54 Å². The van der Waals surface area contributed by atoms with Crippen LogP contribution in [0.4, 0.5) is 0 Å². The van der Waals surface area contributed by atoms with E-state index in [2.05, 4.69) is 5.32 Å². The molecule has 0 saturated heterocycles. The number of hydroxylamine groups is 1. The first kappa shape index (κ1) is 12.9. The normalized spacial score (nSPS) is 18.9. The Bertz CT molecular complexity index is 278. The first-order chi connectivity index (χ1) is 7.55. The Kier molecular flexibility index (Phi) is 4.22. The third kappa shape index (κ3) is 2.91. The Morgan fingerprint density at radius 2 is 2.06 bits per heavy atom. The first-order valence-corrected chi connectivity index (χ1v) is 5.25. The summed E-state index contributed by atoms with van der Waals surface area (Å²) >= 11 is 0. The van der Waals surface area contributed by atoms with Crippen LogP contribution in [-0.4, -0.2) is 29.9 Å². The smallest absolute Gasteiger partial charge is 0.243 e. The molecule has 0 heterocycles. The minimum absolute atomic E-state index is 0.348. The molecule has 1 fully saturated rings. The van der Waals surface area contributed by atoms with Gasteiger partial charge in [0.25, 0.3) is 0 Å². The zero-order valence-electron chi connectivity index (χ0n) is 8.99. The molecule has 1 rings (SSSR count). The quantitative estimate of drug-likeness (QED) is 0.387. The summed E-state index contributed by atoms with van der Waals surface area (Å²) in [6.45, 7) is 0.409. The maximum Gasteiger partial charge on any atom is 0.243 e. The van der Waals surface area contributed by atoms with Crippen LogP contribution in [0.15, 0.2) is 0 Å². The molecule has 0 aliphatic heterocycles. The van der Waals surface area contributed by atoms with Gasteiger partial charge in [-0.15, -0.1) is 0 Å². The third-order valence-electron chi connectivity index (χ3n) is 2.74. The number of hydrogen-bond donors (Lipinski definition) is 4. The molecule has 92 valence electrons. The molecule has 1 unspecified atom stereocenters. The number of primary amides is 1. The van der Waals surface area contributed by atoms with Crippen molar-refractivity contribution >= 4 is 11.8 Å². The Morgan fingerprint density at radius 3 is 2.44 bits per heavy atom. The minimum atomic E-state index is -0.922. The summed E-state index contributed by atoms with van der Waals surface area (Å²) in [5.41, 5.74) is 11.2. The van der Waals surface area contributed by atoms with Gasteiger partial charge in [0.15, 0.2) is 0 Å². The summed E-state index contributed by atoms with van der Waals surface area (Å²) in [6, 6.07) is -0.861. The topological polar surface area (TPSA) is 133 Å². The van der Waals surface area contributed by atoms with Crippen molar-refractivity contribution in [3.63, 3.8) is 0 Å². The van der Waals surface area contributed by atoms with Crippen molar-refractivity contribution in [2.45, 2.75) is 37.3 Å². The molecule has 7 heteroatoms. The van der Waals surface area contributed by atoms with Gasteiger partial charge in [-0.3, -0.25) is 9.59 Å². The van der Waals surface area contributed by atoms with Crippen LogP contribution in [0.2, 0.25) is 0 Å². The van der Waals surface area contributed by atoms with Crippen molar-refractivity contribution in [1.82, 2.24) is 10.8 Å². The van der Waals surface area contributed by atoms with Gasteiger partial charge >= 0.3 is 0 Å². The predicted octanol–water partition coefficient (Wildman–Crippen LogP) is -1.68. The summed E-state index contributed by atoms with van der Waals surface area (Å²) in [5, 5.41) is 13.1. The molecule has 0 bridgehead atoms. The average molecular weight is 229 g/mol. The lowest BCUT2D eigenvalue weighted by molar-refractivity contribution is -0.129. The minimum Gasteiger partial charge on any atom is -0.787 e. The molecule has 16 heavy (non-hydrogen) atoms. The van der Waals surface area contributed by atoms with Crippen molar-refractivity contribution in [3.8, 4) is 0 Å². The van der Waals surface area contributed by atoms with Gasteiger partial charge in [-0.2, -0.15) is 0 Å². The molecular weight excluding hydrogens is 212 g/mol. The van der Waals surface area contributed by atoms with Gasteiger partial charge in [0.05, 0.1) is 6.04 Å². The Balaban J connectivity index is 2.46. The SMILES string of the molecule is NCCCC(N[O-])C(=O)NC1(C(N)=O)CC1. The van der Waals surface area contributed by atoms with Crippen molar-refractivity contribution in [1.29, 1.82) is 0 Å². The molecule has 0 radical (unpaired) electrons. The van der Waals surface area contributed by atoms with Crippen molar-refractivity contribution in [2.75, 3.05) is 6.54 Å². The van der Waals surface area contributed by atoms with Gasteiger partial charge in [0.2, 0.25) is 11.8 Å². The van der Waals surface area contributed by atoms with E-state index in [1.54, 1.807) is 5.48 Å². The molecule has 0 spiro atoms. The molecule has 0 aromatic rings. The summed E-state index contributed by atoms with van der Waals surface area (Å²) in [7, 11) is 0. The van der Waals surface area contributed by atoms with Crippen LogP contribution < -0.4 is 22.3 Å². The van der Waals surface area contributed by atoms with E-state index in [1.807, 2.05) is 0 Å². The van der Waals surface area contributed by atoms with E-state index >= 15 is 0 Å². The number of nitrogens with two attached hydrogens (primary N) is 2. The fourth-order valence-corrected chi connectivity index (χ4v) is 1.45. The molecule has 0 aromatic heterocycles. The number of carbonyl (C=O) groups excluding carboxylic acids is 2. The number of amides is 2. The van der Waals surface area contributed by atoms with E-state index < -0.39 is 23.4 Å². The second-order valence-electron chi connectivity index (χ2n) is 4.04. The van der Waals surface area contributed by atoms with Crippen LogP contribution >= 0.6 is 0 Å². The highest BCUT2D eigenvalue weighted by Gasteiger charge is 2.50. The van der Waals surface area contributed by atoms with Gasteiger partial charge in [-0.1, -0.05) is 0 Å². The van der Waals surface area contributed by atoms with Gasteiger partial charge in [0, 0.05) is 0 Å². The molecular formula is C9H17N4O3-. The van der Waals surface area contributed by atoms with Crippen LogP contribution in [0, 0.1) is 5.21 Å². The molecule has 6 N–H and O–H groups in total. The second-order valence-corrected chi connectivity index (χ2v) is 4.04. The van der Waals surface area contributed by atoms with Crippen LogP contribution in [0.1, 0.15) is 25.7 Å². The van der Waals surface area contributed by atoms with E-state index in [9.17, 15) is 14.8 Å². The van der Waals surface area contributed by atoms with E-state index in [1.165, 1.54) is 0 Å². The van der Waals surface area contributed by atoms with Gasteiger partial charge < -0.3 is 27.5 Å². The maximum absolute atomic E-state index is 11.6. The number of carbonyl (C=O) groups is 2. The Hall–Kier alpha value is -1.18. The van der Waals surface area contributed by atoms with Crippen LogP contribution in [0.3, 0.4) is 0 Å². The molecule has 1 aliphatic rings. The van der Waals surface area contributed by atoms with Gasteiger partial charge in [-0.25, -0.2) is 0 Å². The van der Waals surface area contributed by atoms with Crippen molar-refractivity contribution < 1.29 is 9.59 Å². The molecule has 1 saturated carbocycles. The zero-order chi connectivity index (χ0) is 12.2. The van der Waals surface area contributed by atoms with Crippen LogP contribution in [-0.2, 0) is 9.59 Å². The van der Waals surface area contributed by atoms with E-state index in [0.29, 0.717) is 32.2 Å². The van der Waals surface area contributed by atoms with Crippen molar-refractivity contribution in [3.05, 3.63) is 5.21 Å². The summed E-state index contributed by atoms with van der Waals surface area (Å²) < 4.78 is 0. The predicted molar refractivity (Wildman–Crippen MR) is 57.9 cm³/mol. The van der Waals surface area contributed by atoms with E-state index in [-0.39, 0.29) is 0 Å². The summed E-state index contributed by atoms with van der Waals surface area (Å²) in [5.74, 6) is -1.04. The average Bonchev–Trinajstić information content (AvgIpc) is 3.00. The van der Waals surface area contributed by atoms with Gasteiger partial charge in [-0.05, 0) is 32.2 Å². The zero-order valence-corrected chi connectivity index (χ0v) is 8.99. The highest BCUT2D eigenvalue weighted by molar-refractivity contribution is 5.94. The largest absolute Gasteiger partial charge is 0.787 e.